The van der Waals surface area contributed by atoms with Gasteiger partial charge >= 0.3 is 0 Å². The topological polar surface area (TPSA) is 104 Å². The Morgan fingerprint density at radius 1 is 0.933 bits per heavy atom. The highest BCUT2D eigenvalue weighted by Crippen LogP contribution is 2.09. The summed E-state index contributed by atoms with van der Waals surface area (Å²) in [6.07, 6.45) is 8.38. The first kappa shape index (κ1) is 14.1. The minimum absolute atomic E-state index is 0.161. The van der Waals surface area contributed by atoms with Crippen molar-refractivity contribution in [2.75, 3.05) is 0 Å². The molecule has 0 fully saturated rings. The molecule has 0 radical (unpaired) electrons. The van der Waals surface area contributed by atoms with Crippen LogP contribution in [0.3, 0.4) is 0 Å². The molecule has 1 unspecified atom stereocenters. The van der Waals surface area contributed by atoms with E-state index in [0.29, 0.717) is 5.70 Å². The van der Waals surface area contributed by atoms with Crippen molar-refractivity contribution in [3.8, 4) is 0 Å². The third-order valence-electron chi connectivity index (χ3n) is 2.60. The van der Waals surface area contributed by atoms with Crippen LogP contribution in [0.1, 0.15) is 51.9 Å². The van der Waals surface area contributed by atoms with E-state index < -0.39 is 0 Å². The highest BCUT2D eigenvalue weighted by molar-refractivity contribution is 5.10. The molecule has 0 aromatic heterocycles. The van der Waals surface area contributed by atoms with Gasteiger partial charge in [-0.25, -0.2) is 0 Å². The average Bonchev–Trinajstić information content (AvgIpc) is 2.21. The molecule has 0 bridgehead atoms. The smallest absolute Gasteiger partial charge is 0.114 e. The van der Waals surface area contributed by atoms with Crippen molar-refractivity contribution in [3.63, 3.8) is 0 Å². The fourth-order valence-electron chi connectivity index (χ4n) is 1.51. The van der Waals surface area contributed by atoms with Gasteiger partial charge in [-0.2, -0.15) is 0 Å². The Morgan fingerprint density at radius 3 is 2.00 bits per heavy atom. The van der Waals surface area contributed by atoms with Gasteiger partial charge in [0.1, 0.15) is 5.82 Å². The van der Waals surface area contributed by atoms with Crippen LogP contribution in [-0.2, 0) is 0 Å². The van der Waals surface area contributed by atoms with Gasteiger partial charge < -0.3 is 22.9 Å². The second-order valence-electron chi connectivity index (χ2n) is 4.07. The summed E-state index contributed by atoms with van der Waals surface area (Å²) in [7, 11) is 0. The summed E-state index contributed by atoms with van der Waals surface area (Å²) in [6, 6.07) is -0.179. The monoisotopic (exact) mass is 214 g/mol. The minimum atomic E-state index is -0.179. The Bertz CT molecular complexity index is 185. The number of rotatable bonds is 8. The maximum absolute atomic E-state index is 5.82. The first-order chi connectivity index (χ1) is 7.09. The van der Waals surface area contributed by atoms with Gasteiger partial charge in [0.05, 0.1) is 5.70 Å². The van der Waals surface area contributed by atoms with Crippen LogP contribution in [0.5, 0.6) is 0 Å². The Hall–Kier alpha value is -0.900. The second kappa shape index (κ2) is 8.41. The lowest BCUT2D eigenvalue weighted by atomic mass is 10.0. The van der Waals surface area contributed by atoms with Gasteiger partial charge in [-0.05, 0) is 6.42 Å². The van der Waals surface area contributed by atoms with Crippen molar-refractivity contribution in [1.29, 1.82) is 0 Å². The Labute approximate surface area is 93.1 Å². The molecule has 8 N–H and O–H groups in total. The Kier molecular flexibility index (Phi) is 7.91. The largest absolute Gasteiger partial charge is 0.398 e. The van der Waals surface area contributed by atoms with Crippen LogP contribution in [-0.4, -0.2) is 6.04 Å². The third-order valence-corrected chi connectivity index (χ3v) is 2.60. The predicted molar refractivity (Wildman–Crippen MR) is 65.6 cm³/mol. The Balaban J connectivity index is 3.48. The summed E-state index contributed by atoms with van der Waals surface area (Å²) < 4.78 is 0. The first-order valence-electron chi connectivity index (χ1n) is 5.85. The van der Waals surface area contributed by atoms with E-state index in [1.165, 1.54) is 32.1 Å². The van der Waals surface area contributed by atoms with Crippen LogP contribution in [0.4, 0.5) is 0 Å². The predicted octanol–water partition coefficient (Wildman–Crippen LogP) is 1.11. The zero-order valence-electron chi connectivity index (χ0n) is 9.84. The van der Waals surface area contributed by atoms with Crippen molar-refractivity contribution in [2.45, 2.75) is 57.9 Å². The third kappa shape index (κ3) is 7.08. The fourth-order valence-corrected chi connectivity index (χ4v) is 1.51. The summed E-state index contributed by atoms with van der Waals surface area (Å²) in [5.41, 5.74) is 22.6. The molecule has 0 saturated carbocycles. The molecule has 1 atom stereocenters. The zero-order valence-corrected chi connectivity index (χ0v) is 9.84. The van der Waals surface area contributed by atoms with Crippen molar-refractivity contribution < 1.29 is 0 Å². The van der Waals surface area contributed by atoms with E-state index in [2.05, 4.69) is 6.92 Å². The molecule has 4 nitrogen and oxygen atoms in total. The van der Waals surface area contributed by atoms with E-state index in [1.807, 2.05) is 0 Å². The molecule has 0 heterocycles. The van der Waals surface area contributed by atoms with Crippen LogP contribution in [0.15, 0.2) is 11.5 Å². The molecule has 0 aliphatic rings. The number of nitrogens with two attached hydrogens (primary N) is 4. The number of hydrogen-bond donors (Lipinski definition) is 4. The molecular weight excluding hydrogens is 188 g/mol. The SMILES string of the molecule is CCCCCCCCC(N)C(N)=C(N)N. The van der Waals surface area contributed by atoms with Crippen molar-refractivity contribution in [1.82, 2.24) is 0 Å². The van der Waals surface area contributed by atoms with E-state index in [1.54, 1.807) is 0 Å². The molecule has 0 aromatic carbocycles. The van der Waals surface area contributed by atoms with Crippen molar-refractivity contribution in [2.24, 2.45) is 22.9 Å². The quantitative estimate of drug-likeness (QED) is 0.454. The van der Waals surface area contributed by atoms with Crippen LogP contribution in [0.25, 0.3) is 0 Å². The second-order valence-corrected chi connectivity index (χ2v) is 4.07. The van der Waals surface area contributed by atoms with Gasteiger partial charge in [-0.1, -0.05) is 45.4 Å². The van der Waals surface area contributed by atoms with Gasteiger partial charge in [0.2, 0.25) is 0 Å². The van der Waals surface area contributed by atoms with E-state index >= 15 is 0 Å². The molecule has 0 saturated heterocycles. The number of unbranched alkanes of at least 4 members (excludes halogenated alkanes) is 5. The lowest BCUT2D eigenvalue weighted by molar-refractivity contribution is 0.558. The maximum Gasteiger partial charge on any atom is 0.114 e. The summed E-state index contributed by atoms with van der Waals surface area (Å²) in [6.45, 7) is 2.21. The van der Waals surface area contributed by atoms with Crippen LogP contribution < -0.4 is 22.9 Å². The lowest BCUT2D eigenvalue weighted by Gasteiger charge is -2.12. The van der Waals surface area contributed by atoms with Crippen molar-refractivity contribution >= 4 is 0 Å². The molecule has 4 heteroatoms. The van der Waals surface area contributed by atoms with Gasteiger partial charge in [0.25, 0.3) is 0 Å². The average molecular weight is 214 g/mol. The Morgan fingerprint density at radius 2 is 1.47 bits per heavy atom. The van der Waals surface area contributed by atoms with E-state index in [4.69, 9.17) is 22.9 Å². The molecule has 0 aromatic rings. The van der Waals surface area contributed by atoms with E-state index in [9.17, 15) is 0 Å². The fraction of sp³-hybridized carbons (Fsp3) is 0.818. The normalized spacial score (nSPS) is 12.4. The van der Waals surface area contributed by atoms with Gasteiger partial charge in [0.15, 0.2) is 0 Å². The van der Waals surface area contributed by atoms with Crippen LogP contribution >= 0.6 is 0 Å². The highest BCUT2D eigenvalue weighted by Gasteiger charge is 2.07. The number of hydrogen-bond acceptors (Lipinski definition) is 4. The standard InChI is InChI=1S/C11H26N4/c1-2-3-4-5-6-7-8-9(12)10(13)11(14)15/h9H,2-8,12-15H2,1H3. The van der Waals surface area contributed by atoms with Crippen molar-refractivity contribution in [3.05, 3.63) is 11.5 Å². The van der Waals surface area contributed by atoms with Gasteiger partial charge in [-0.3, -0.25) is 0 Å². The first-order valence-corrected chi connectivity index (χ1v) is 5.85. The molecule has 0 aliphatic carbocycles. The summed E-state index contributed by atoms with van der Waals surface area (Å²) in [5.74, 6) is 0.161. The maximum atomic E-state index is 5.82. The minimum Gasteiger partial charge on any atom is -0.398 e. The highest BCUT2D eigenvalue weighted by atomic mass is 14.9. The summed E-state index contributed by atoms with van der Waals surface area (Å²) in [4.78, 5) is 0. The lowest BCUT2D eigenvalue weighted by Crippen LogP contribution is -2.32. The molecule has 90 valence electrons. The molecule has 15 heavy (non-hydrogen) atoms. The molecule has 0 rings (SSSR count). The van der Waals surface area contributed by atoms with Gasteiger partial charge in [-0.15, -0.1) is 0 Å². The molecule has 0 aliphatic heterocycles. The summed E-state index contributed by atoms with van der Waals surface area (Å²) in [5, 5.41) is 0. The van der Waals surface area contributed by atoms with Crippen LogP contribution in [0, 0.1) is 0 Å². The van der Waals surface area contributed by atoms with E-state index in [-0.39, 0.29) is 11.9 Å². The molecular formula is C11H26N4. The summed E-state index contributed by atoms with van der Waals surface area (Å²) >= 11 is 0. The van der Waals surface area contributed by atoms with Gasteiger partial charge in [0, 0.05) is 6.04 Å². The van der Waals surface area contributed by atoms with E-state index in [0.717, 1.165) is 12.8 Å². The van der Waals surface area contributed by atoms with Crippen LogP contribution in [0.2, 0.25) is 0 Å². The molecule has 0 spiro atoms. The zero-order chi connectivity index (χ0) is 11.7. The molecule has 0 amide bonds.